The second-order valence-corrected chi connectivity index (χ2v) is 4.69. The lowest BCUT2D eigenvalue weighted by Crippen LogP contribution is -2.27. The minimum atomic E-state index is -0.281. The SMILES string of the molecule is Cc1cccc2c(N(C)CCC(=O)NC=O)cncc12. The van der Waals surface area contributed by atoms with Crippen LogP contribution in [-0.4, -0.2) is 30.9 Å². The van der Waals surface area contributed by atoms with E-state index in [-0.39, 0.29) is 12.3 Å². The number of fused-ring (bicyclic) bond motifs is 1. The van der Waals surface area contributed by atoms with Crippen LogP contribution in [0.4, 0.5) is 5.69 Å². The van der Waals surface area contributed by atoms with Crippen molar-refractivity contribution in [1.29, 1.82) is 0 Å². The van der Waals surface area contributed by atoms with Gasteiger partial charge in [-0.3, -0.25) is 19.9 Å². The molecule has 0 fully saturated rings. The predicted octanol–water partition coefficient (Wildman–Crippen LogP) is 1.64. The number of nitrogens with one attached hydrogen (secondary N) is 1. The maximum atomic E-state index is 11.3. The molecule has 5 nitrogen and oxygen atoms in total. The minimum absolute atomic E-state index is 0.261. The largest absolute Gasteiger partial charge is 0.372 e. The summed E-state index contributed by atoms with van der Waals surface area (Å²) in [5.74, 6) is -0.281. The van der Waals surface area contributed by atoms with Crippen LogP contribution in [0.25, 0.3) is 10.8 Å². The molecule has 0 unspecified atom stereocenters. The second-order valence-electron chi connectivity index (χ2n) is 4.69. The van der Waals surface area contributed by atoms with Gasteiger partial charge in [-0.05, 0) is 12.5 Å². The van der Waals surface area contributed by atoms with Crippen molar-refractivity contribution in [2.45, 2.75) is 13.3 Å². The van der Waals surface area contributed by atoms with Crippen LogP contribution in [0, 0.1) is 6.92 Å². The molecule has 1 heterocycles. The maximum Gasteiger partial charge on any atom is 0.228 e. The van der Waals surface area contributed by atoms with Gasteiger partial charge in [0.1, 0.15) is 0 Å². The molecule has 1 N–H and O–H groups in total. The number of benzene rings is 1. The minimum Gasteiger partial charge on any atom is -0.372 e. The fraction of sp³-hybridized carbons (Fsp3) is 0.267. The molecule has 0 bridgehead atoms. The van der Waals surface area contributed by atoms with Gasteiger partial charge in [-0.2, -0.15) is 0 Å². The van der Waals surface area contributed by atoms with Crippen molar-refractivity contribution in [3.05, 3.63) is 36.2 Å². The van der Waals surface area contributed by atoms with Gasteiger partial charge in [0, 0.05) is 37.0 Å². The third-order valence-corrected chi connectivity index (χ3v) is 3.31. The molecule has 0 saturated heterocycles. The van der Waals surface area contributed by atoms with E-state index in [1.54, 1.807) is 6.20 Å². The first-order valence-electron chi connectivity index (χ1n) is 6.41. The number of carbonyl (C=O) groups excluding carboxylic acids is 2. The van der Waals surface area contributed by atoms with Crippen molar-refractivity contribution in [3.8, 4) is 0 Å². The summed E-state index contributed by atoms with van der Waals surface area (Å²) in [7, 11) is 1.91. The van der Waals surface area contributed by atoms with Crippen LogP contribution in [0.2, 0.25) is 0 Å². The third kappa shape index (κ3) is 2.93. The average Bonchev–Trinajstić information content (AvgIpc) is 2.45. The van der Waals surface area contributed by atoms with Crippen LogP contribution in [-0.2, 0) is 9.59 Å². The number of hydrogen-bond acceptors (Lipinski definition) is 4. The van der Waals surface area contributed by atoms with Gasteiger partial charge in [0.15, 0.2) is 0 Å². The Balaban J connectivity index is 2.22. The Labute approximate surface area is 117 Å². The Kier molecular flexibility index (Phi) is 4.30. The summed E-state index contributed by atoms with van der Waals surface area (Å²) in [6.07, 6.45) is 4.31. The number of anilines is 1. The monoisotopic (exact) mass is 271 g/mol. The number of pyridine rings is 1. The zero-order valence-electron chi connectivity index (χ0n) is 11.6. The molecule has 0 atom stereocenters. The summed E-state index contributed by atoms with van der Waals surface area (Å²) in [5.41, 5.74) is 2.15. The summed E-state index contributed by atoms with van der Waals surface area (Å²) >= 11 is 0. The lowest BCUT2D eigenvalue weighted by molar-refractivity contribution is -0.125. The van der Waals surface area contributed by atoms with Crippen LogP contribution < -0.4 is 10.2 Å². The van der Waals surface area contributed by atoms with E-state index in [0.29, 0.717) is 13.0 Å². The molecule has 5 heteroatoms. The fourth-order valence-corrected chi connectivity index (χ4v) is 2.16. The highest BCUT2D eigenvalue weighted by atomic mass is 16.2. The van der Waals surface area contributed by atoms with Gasteiger partial charge in [0.2, 0.25) is 12.3 Å². The summed E-state index contributed by atoms with van der Waals surface area (Å²) in [5, 5.41) is 4.35. The molecular weight excluding hydrogens is 254 g/mol. The van der Waals surface area contributed by atoms with Crippen LogP contribution in [0.1, 0.15) is 12.0 Å². The molecule has 0 saturated carbocycles. The molecule has 20 heavy (non-hydrogen) atoms. The van der Waals surface area contributed by atoms with Crippen molar-refractivity contribution in [2.24, 2.45) is 0 Å². The number of hydrogen-bond donors (Lipinski definition) is 1. The van der Waals surface area contributed by atoms with Crippen molar-refractivity contribution in [3.63, 3.8) is 0 Å². The average molecular weight is 271 g/mol. The normalized spacial score (nSPS) is 10.3. The zero-order chi connectivity index (χ0) is 14.5. The molecule has 0 aliphatic heterocycles. The maximum absolute atomic E-state index is 11.3. The van der Waals surface area contributed by atoms with E-state index in [1.807, 2.05) is 43.3 Å². The smallest absolute Gasteiger partial charge is 0.228 e. The fourth-order valence-electron chi connectivity index (χ4n) is 2.16. The quantitative estimate of drug-likeness (QED) is 0.840. The second kappa shape index (κ2) is 6.14. The number of nitrogens with zero attached hydrogens (tertiary/aromatic N) is 2. The Morgan fingerprint density at radius 1 is 1.35 bits per heavy atom. The molecule has 2 aromatic rings. The lowest BCUT2D eigenvalue weighted by Gasteiger charge is -2.20. The van der Waals surface area contributed by atoms with Crippen LogP contribution in [0.15, 0.2) is 30.6 Å². The van der Waals surface area contributed by atoms with Crippen molar-refractivity contribution in [2.75, 3.05) is 18.5 Å². The van der Waals surface area contributed by atoms with Gasteiger partial charge in [0.25, 0.3) is 0 Å². The van der Waals surface area contributed by atoms with E-state index >= 15 is 0 Å². The van der Waals surface area contributed by atoms with E-state index in [4.69, 9.17) is 0 Å². The first-order chi connectivity index (χ1) is 9.63. The Hall–Kier alpha value is -2.43. The Morgan fingerprint density at radius 3 is 2.90 bits per heavy atom. The van der Waals surface area contributed by atoms with Gasteiger partial charge < -0.3 is 4.90 Å². The van der Waals surface area contributed by atoms with Crippen LogP contribution >= 0.6 is 0 Å². The van der Waals surface area contributed by atoms with Crippen molar-refractivity contribution in [1.82, 2.24) is 10.3 Å². The van der Waals surface area contributed by atoms with E-state index in [9.17, 15) is 9.59 Å². The van der Waals surface area contributed by atoms with Gasteiger partial charge in [-0.25, -0.2) is 0 Å². The first kappa shape index (κ1) is 14.0. The third-order valence-electron chi connectivity index (χ3n) is 3.31. The highest BCUT2D eigenvalue weighted by Crippen LogP contribution is 2.26. The Bertz CT molecular complexity index is 640. The molecule has 2 amide bonds. The van der Waals surface area contributed by atoms with Gasteiger partial charge in [-0.1, -0.05) is 18.2 Å². The zero-order valence-corrected chi connectivity index (χ0v) is 11.6. The van der Waals surface area contributed by atoms with Crippen LogP contribution in [0.5, 0.6) is 0 Å². The van der Waals surface area contributed by atoms with Gasteiger partial charge in [-0.15, -0.1) is 0 Å². The molecule has 0 radical (unpaired) electrons. The molecule has 0 aliphatic carbocycles. The number of aromatic nitrogens is 1. The standard InChI is InChI=1S/C15H17N3O2/c1-11-4-3-5-12-13(11)8-16-9-14(12)18(2)7-6-15(20)17-10-19/h3-5,8-10H,6-7H2,1-2H3,(H,17,19,20). The number of imide groups is 1. The first-order valence-corrected chi connectivity index (χ1v) is 6.41. The van der Waals surface area contributed by atoms with E-state index in [2.05, 4.69) is 10.3 Å². The van der Waals surface area contributed by atoms with E-state index in [0.717, 1.165) is 16.5 Å². The molecule has 1 aromatic heterocycles. The molecular formula is C15H17N3O2. The highest BCUT2D eigenvalue weighted by Gasteiger charge is 2.09. The molecule has 0 aliphatic rings. The Morgan fingerprint density at radius 2 is 2.15 bits per heavy atom. The number of amides is 2. The highest BCUT2D eigenvalue weighted by molar-refractivity contribution is 5.95. The van der Waals surface area contributed by atoms with Crippen LogP contribution in [0.3, 0.4) is 0 Å². The summed E-state index contributed by atoms with van der Waals surface area (Å²) < 4.78 is 0. The number of carbonyl (C=O) groups is 2. The summed E-state index contributed by atoms with van der Waals surface area (Å²) in [4.78, 5) is 27.7. The number of aryl methyl sites for hydroxylation is 1. The lowest BCUT2D eigenvalue weighted by atomic mass is 10.1. The molecule has 2 rings (SSSR count). The van der Waals surface area contributed by atoms with Crippen molar-refractivity contribution >= 4 is 28.8 Å². The molecule has 1 aromatic carbocycles. The number of rotatable bonds is 5. The topological polar surface area (TPSA) is 62.3 Å². The van der Waals surface area contributed by atoms with Gasteiger partial charge >= 0.3 is 0 Å². The van der Waals surface area contributed by atoms with E-state index < -0.39 is 0 Å². The molecule has 0 spiro atoms. The molecule has 104 valence electrons. The van der Waals surface area contributed by atoms with E-state index in [1.165, 1.54) is 5.56 Å². The summed E-state index contributed by atoms with van der Waals surface area (Å²) in [6, 6.07) is 6.10. The summed E-state index contributed by atoms with van der Waals surface area (Å²) in [6.45, 7) is 2.57. The van der Waals surface area contributed by atoms with Gasteiger partial charge in [0.05, 0.1) is 11.9 Å². The van der Waals surface area contributed by atoms with Crippen molar-refractivity contribution < 1.29 is 9.59 Å². The predicted molar refractivity (Wildman–Crippen MR) is 78.6 cm³/mol.